The summed E-state index contributed by atoms with van der Waals surface area (Å²) >= 11 is 1.07. The Bertz CT molecular complexity index is 1180. The Morgan fingerprint density at radius 1 is 1.03 bits per heavy atom. The highest BCUT2D eigenvalue weighted by Gasteiger charge is 2.32. The van der Waals surface area contributed by atoms with Crippen LogP contribution in [0.1, 0.15) is 15.2 Å². The fourth-order valence-electron chi connectivity index (χ4n) is 3.54. The van der Waals surface area contributed by atoms with Gasteiger partial charge in [-0.3, -0.25) is 4.79 Å². The number of hydrogen-bond donors (Lipinski definition) is 1. The minimum absolute atomic E-state index is 0.00103. The molecule has 0 unspecified atom stereocenters. The van der Waals surface area contributed by atoms with Crippen LogP contribution in [0.25, 0.3) is 0 Å². The minimum Gasteiger partial charge on any atom is -0.369 e. The predicted octanol–water partition coefficient (Wildman–Crippen LogP) is 3.96. The molecule has 162 valence electrons. The minimum atomic E-state index is -3.81. The molecule has 1 aliphatic rings. The highest BCUT2D eigenvalue weighted by Crippen LogP contribution is 2.28. The summed E-state index contributed by atoms with van der Waals surface area (Å²) in [5.74, 6) is -0.944. The average Bonchev–Trinajstić information content (AvgIpc) is 3.27. The number of rotatable bonds is 5. The van der Waals surface area contributed by atoms with E-state index >= 15 is 0 Å². The van der Waals surface area contributed by atoms with Crippen LogP contribution in [0.3, 0.4) is 0 Å². The molecule has 0 radical (unpaired) electrons. The number of sulfonamides is 1. The van der Waals surface area contributed by atoms with Crippen molar-refractivity contribution in [2.75, 3.05) is 36.4 Å². The molecule has 31 heavy (non-hydrogen) atoms. The molecule has 1 saturated heterocycles. The third-order valence-corrected chi connectivity index (χ3v) is 8.14. The van der Waals surface area contributed by atoms with Gasteiger partial charge < -0.3 is 10.2 Å². The lowest BCUT2D eigenvalue weighted by Gasteiger charge is -2.35. The molecule has 1 aromatic heterocycles. The lowest BCUT2D eigenvalue weighted by Crippen LogP contribution is -2.48. The number of thiophene rings is 1. The van der Waals surface area contributed by atoms with Gasteiger partial charge in [-0.15, -0.1) is 11.3 Å². The van der Waals surface area contributed by atoms with E-state index in [0.717, 1.165) is 22.6 Å². The number of anilines is 2. The molecule has 2 heterocycles. The van der Waals surface area contributed by atoms with Crippen molar-refractivity contribution in [1.29, 1.82) is 0 Å². The van der Waals surface area contributed by atoms with Crippen molar-refractivity contribution in [1.82, 2.24) is 4.31 Å². The molecule has 0 aliphatic carbocycles. The number of nitrogens with zero attached hydrogens (tertiary/aromatic N) is 2. The Hall–Kier alpha value is -2.75. The summed E-state index contributed by atoms with van der Waals surface area (Å²) in [6, 6.07) is 14.9. The van der Waals surface area contributed by atoms with Gasteiger partial charge >= 0.3 is 0 Å². The standard InChI is InChI=1S/C22H22FN3O3S2/c1-16-3-2-4-19(15-16)25-10-12-26(13-11-25)31(28,29)20-9-14-30-21(20)22(27)24-18-7-5-17(23)6-8-18/h2-9,14-15H,10-13H2,1H3,(H,24,27). The van der Waals surface area contributed by atoms with Gasteiger partial charge in [0.2, 0.25) is 10.0 Å². The monoisotopic (exact) mass is 459 g/mol. The quantitative estimate of drug-likeness (QED) is 0.627. The zero-order valence-electron chi connectivity index (χ0n) is 16.9. The van der Waals surface area contributed by atoms with Crippen LogP contribution in [-0.4, -0.2) is 44.8 Å². The van der Waals surface area contributed by atoms with Crippen molar-refractivity contribution in [2.45, 2.75) is 11.8 Å². The third kappa shape index (κ3) is 4.63. The van der Waals surface area contributed by atoms with Gasteiger partial charge in [-0.05, 0) is 60.3 Å². The first-order valence-electron chi connectivity index (χ1n) is 9.81. The summed E-state index contributed by atoms with van der Waals surface area (Å²) in [6.45, 7) is 3.85. The van der Waals surface area contributed by atoms with E-state index in [1.165, 1.54) is 34.6 Å². The number of nitrogens with one attached hydrogen (secondary N) is 1. The average molecular weight is 460 g/mol. The molecule has 1 aliphatic heterocycles. The van der Waals surface area contributed by atoms with Gasteiger partial charge in [0, 0.05) is 37.6 Å². The normalized spacial score (nSPS) is 15.1. The highest BCUT2D eigenvalue weighted by molar-refractivity contribution is 7.89. The molecule has 1 amide bonds. The maximum Gasteiger partial charge on any atom is 0.267 e. The molecule has 0 saturated carbocycles. The zero-order valence-corrected chi connectivity index (χ0v) is 18.5. The van der Waals surface area contributed by atoms with Crippen molar-refractivity contribution >= 4 is 38.6 Å². The number of piperazine rings is 1. The van der Waals surface area contributed by atoms with E-state index in [-0.39, 0.29) is 9.77 Å². The second-order valence-corrected chi connectivity index (χ2v) is 10.1. The number of amides is 1. The molecule has 9 heteroatoms. The number of aryl methyl sites for hydroxylation is 1. The van der Waals surface area contributed by atoms with Crippen molar-refractivity contribution in [3.63, 3.8) is 0 Å². The van der Waals surface area contributed by atoms with Crippen molar-refractivity contribution < 1.29 is 17.6 Å². The van der Waals surface area contributed by atoms with Gasteiger partial charge in [0.15, 0.2) is 0 Å². The Kier molecular flexibility index (Phi) is 6.08. The van der Waals surface area contributed by atoms with Crippen LogP contribution < -0.4 is 10.2 Å². The summed E-state index contributed by atoms with van der Waals surface area (Å²) < 4.78 is 41.0. The molecule has 0 bridgehead atoms. The third-order valence-electron chi connectivity index (χ3n) is 5.16. The molecule has 1 N–H and O–H groups in total. The molecule has 0 spiro atoms. The van der Waals surface area contributed by atoms with Crippen molar-refractivity contribution in [3.05, 3.63) is 76.2 Å². The van der Waals surface area contributed by atoms with Crippen LogP contribution >= 0.6 is 11.3 Å². The van der Waals surface area contributed by atoms with Gasteiger partial charge in [-0.1, -0.05) is 12.1 Å². The Morgan fingerprint density at radius 2 is 1.74 bits per heavy atom. The topological polar surface area (TPSA) is 69.7 Å². The number of hydrogen-bond acceptors (Lipinski definition) is 5. The maximum absolute atomic E-state index is 13.3. The number of carbonyl (C=O) groups is 1. The predicted molar refractivity (Wildman–Crippen MR) is 121 cm³/mol. The molecule has 0 atom stereocenters. The summed E-state index contributed by atoms with van der Waals surface area (Å²) in [5, 5.41) is 4.23. The van der Waals surface area contributed by atoms with Crippen LogP contribution in [0.15, 0.2) is 64.9 Å². The Morgan fingerprint density at radius 3 is 2.42 bits per heavy atom. The van der Waals surface area contributed by atoms with Crippen LogP contribution in [0.4, 0.5) is 15.8 Å². The maximum atomic E-state index is 13.3. The van der Waals surface area contributed by atoms with E-state index < -0.39 is 21.7 Å². The van der Waals surface area contributed by atoms with Gasteiger partial charge in [-0.2, -0.15) is 4.31 Å². The second kappa shape index (κ2) is 8.78. The summed E-state index contributed by atoms with van der Waals surface area (Å²) in [4.78, 5) is 15.0. The lowest BCUT2D eigenvalue weighted by molar-refractivity contribution is 0.102. The molecule has 4 rings (SSSR count). The van der Waals surface area contributed by atoms with Crippen LogP contribution in [0.2, 0.25) is 0 Å². The van der Waals surface area contributed by atoms with Gasteiger partial charge in [-0.25, -0.2) is 12.8 Å². The second-order valence-electron chi connectivity index (χ2n) is 7.31. The van der Waals surface area contributed by atoms with Gasteiger partial charge in [0.1, 0.15) is 15.6 Å². The van der Waals surface area contributed by atoms with Crippen molar-refractivity contribution in [3.8, 4) is 0 Å². The number of halogens is 1. The van der Waals surface area contributed by atoms with Crippen molar-refractivity contribution in [2.24, 2.45) is 0 Å². The molecule has 1 fully saturated rings. The SMILES string of the molecule is Cc1cccc(N2CCN(S(=O)(=O)c3ccsc3C(=O)Nc3ccc(F)cc3)CC2)c1. The summed E-state index contributed by atoms with van der Waals surface area (Å²) in [6.07, 6.45) is 0. The van der Waals surface area contributed by atoms with Gasteiger partial charge in [0.05, 0.1) is 0 Å². The first-order valence-corrected chi connectivity index (χ1v) is 12.1. The first kappa shape index (κ1) is 21.5. The largest absolute Gasteiger partial charge is 0.369 e. The lowest BCUT2D eigenvalue weighted by atomic mass is 10.2. The van der Waals surface area contributed by atoms with Crippen LogP contribution in [-0.2, 0) is 10.0 Å². The first-order chi connectivity index (χ1) is 14.8. The summed E-state index contributed by atoms with van der Waals surface area (Å²) in [7, 11) is -3.81. The Balaban J connectivity index is 1.48. The summed E-state index contributed by atoms with van der Waals surface area (Å²) in [5.41, 5.74) is 2.63. The van der Waals surface area contributed by atoms with E-state index in [4.69, 9.17) is 0 Å². The van der Waals surface area contributed by atoms with Crippen LogP contribution in [0, 0.1) is 12.7 Å². The molecule has 3 aromatic rings. The fraction of sp³-hybridized carbons (Fsp3) is 0.227. The van der Waals surface area contributed by atoms with E-state index in [0.29, 0.717) is 31.9 Å². The molecule has 2 aromatic carbocycles. The fourth-order valence-corrected chi connectivity index (χ4v) is 6.26. The molecular weight excluding hydrogens is 437 g/mol. The smallest absolute Gasteiger partial charge is 0.267 e. The van der Waals surface area contributed by atoms with E-state index in [1.54, 1.807) is 5.38 Å². The highest BCUT2D eigenvalue weighted by atomic mass is 32.2. The number of carbonyl (C=O) groups excluding carboxylic acids is 1. The zero-order chi connectivity index (χ0) is 22.0. The number of benzene rings is 2. The molecule has 6 nitrogen and oxygen atoms in total. The molecular formula is C22H22FN3O3S2. The van der Waals surface area contributed by atoms with E-state index in [2.05, 4.69) is 16.3 Å². The van der Waals surface area contributed by atoms with E-state index in [9.17, 15) is 17.6 Å². The van der Waals surface area contributed by atoms with Gasteiger partial charge in [0.25, 0.3) is 5.91 Å². The van der Waals surface area contributed by atoms with E-state index in [1.807, 2.05) is 25.1 Å². The van der Waals surface area contributed by atoms with Crippen LogP contribution in [0.5, 0.6) is 0 Å². The Labute approximate surface area is 185 Å².